The van der Waals surface area contributed by atoms with Crippen LogP contribution in [0, 0.1) is 0 Å². The van der Waals surface area contributed by atoms with E-state index < -0.39 is 0 Å². The number of nitrogens with zero attached hydrogens (tertiary/aromatic N) is 2. The molecule has 0 aliphatic carbocycles. The Hall–Kier alpha value is -1.26. The molecular formula is C19H34N4. The zero-order valence-electron chi connectivity index (χ0n) is 14.9. The second-order valence-electron chi connectivity index (χ2n) is 6.79. The van der Waals surface area contributed by atoms with Crippen molar-refractivity contribution in [2.24, 2.45) is 5.73 Å². The van der Waals surface area contributed by atoms with Gasteiger partial charge in [-0.25, -0.2) is 0 Å². The molecule has 130 valence electrons. The van der Waals surface area contributed by atoms with Crippen LogP contribution in [-0.4, -0.2) is 50.2 Å². The van der Waals surface area contributed by atoms with Crippen molar-refractivity contribution in [3.8, 4) is 0 Å². The highest BCUT2D eigenvalue weighted by atomic mass is 15.3. The summed E-state index contributed by atoms with van der Waals surface area (Å²) >= 11 is 0. The molecule has 2 rings (SSSR count). The lowest BCUT2D eigenvalue weighted by Crippen LogP contribution is -2.48. The predicted octanol–water partition coefficient (Wildman–Crippen LogP) is 3.15. The Labute approximate surface area is 142 Å². The van der Waals surface area contributed by atoms with Crippen LogP contribution < -0.4 is 16.0 Å². The number of benzene rings is 1. The van der Waals surface area contributed by atoms with E-state index in [9.17, 15) is 0 Å². The maximum Gasteiger partial charge on any atom is 0.0368 e. The summed E-state index contributed by atoms with van der Waals surface area (Å²) in [6, 6.07) is 9.59. The fraction of sp³-hybridized carbons (Fsp3) is 0.684. The number of unbranched alkanes of at least 4 members (excludes halogenated alkanes) is 3. The van der Waals surface area contributed by atoms with Gasteiger partial charge in [0.1, 0.15) is 0 Å². The topological polar surface area (TPSA) is 44.5 Å². The summed E-state index contributed by atoms with van der Waals surface area (Å²) in [4.78, 5) is 5.05. The first-order valence-corrected chi connectivity index (χ1v) is 9.23. The van der Waals surface area contributed by atoms with E-state index in [4.69, 9.17) is 5.73 Å². The van der Waals surface area contributed by atoms with Gasteiger partial charge in [-0.15, -0.1) is 0 Å². The zero-order valence-corrected chi connectivity index (χ0v) is 14.9. The van der Waals surface area contributed by atoms with Gasteiger partial charge in [0.25, 0.3) is 0 Å². The van der Waals surface area contributed by atoms with Crippen molar-refractivity contribution in [3.05, 3.63) is 24.3 Å². The Kier molecular flexibility index (Phi) is 7.69. The van der Waals surface area contributed by atoms with Crippen LogP contribution in [0.2, 0.25) is 0 Å². The number of nitrogens with one attached hydrogen (secondary N) is 1. The van der Waals surface area contributed by atoms with Crippen LogP contribution in [0.1, 0.15) is 39.5 Å². The van der Waals surface area contributed by atoms with E-state index in [-0.39, 0.29) is 0 Å². The number of nitrogens with two attached hydrogens (primary N) is 1. The van der Waals surface area contributed by atoms with Gasteiger partial charge in [0.05, 0.1) is 0 Å². The Morgan fingerprint density at radius 1 is 0.957 bits per heavy atom. The van der Waals surface area contributed by atoms with Crippen LogP contribution in [0.15, 0.2) is 24.3 Å². The largest absolute Gasteiger partial charge is 0.385 e. The van der Waals surface area contributed by atoms with Gasteiger partial charge in [0, 0.05) is 50.1 Å². The average Bonchev–Trinajstić information content (AvgIpc) is 2.58. The zero-order chi connectivity index (χ0) is 16.5. The fourth-order valence-corrected chi connectivity index (χ4v) is 3.14. The van der Waals surface area contributed by atoms with E-state index in [0.717, 1.165) is 32.6 Å². The number of hydrogen-bond acceptors (Lipinski definition) is 4. The molecule has 4 heteroatoms. The molecule has 0 aromatic heterocycles. The van der Waals surface area contributed by atoms with Gasteiger partial charge < -0.3 is 16.0 Å². The molecule has 1 fully saturated rings. The van der Waals surface area contributed by atoms with Gasteiger partial charge in [0.15, 0.2) is 0 Å². The van der Waals surface area contributed by atoms with Crippen molar-refractivity contribution in [1.29, 1.82) is 0 Å². The average molecular weight is 319 g/mol. The molecule has 0 unspecified atom stereocenters. The van der Waals surface area contributed by atoms with Gasteiger partial charge in [-0.05, 0) is 57.5 Å². The third-order valence-electron chi connectivity index (χ3n) is 4.74. The van der Waals surface area contributed by atoms with E-state index in [0.29, 0.717) is 6.04 Å². The molecule has 1 aliphatic heterocycles. The molecule has 3 N–H and O–H groups in total. The van der Waals surface area contributed by atoms with E-state index in [1.807, 2.05) is 0 Å². The van der Waals surface area contributed by atoms with Crippen LogP contribution in [0.5, 0.6) is 0 Å². The molecule has 0 radical (unpaired) electrons. The van der Waals surface area contributed by atoms with Gasteiger partial charge in [-0.3, -0.25) is 4.90 Å². The second kappa shape index (κ2) is 9.78. The van der Waals surface area contributed by atoms with Gasteiger partial charge >= 0.3 is 0 Å². The second-order valence-corrected chi connectivity index (χ2v) is 6.79. The highest BCUT2D eigenvalue weighted by Gasteiger charge is 2.18. The molecule has 23 heavy (non-hydrogen) atoms. The maximum absolute atomic E-state index is 5.51. The number of hydrogen-bond donors (Lipinski definition) is 2. The lowest BCUT2D eigenvalue weighted by atomic mass is 10.2. The molecule has 1 aliphatic rings. The van der Waals surface area contributed by atoms with E-state index >= 15 is 0 Å². The van der Waals surface area contributed by atoms with E-state index in [2.05, 4.69) is 53.2 Å². The monoisotopic (exact) mass is 318 g/mol. The molecule has 0 amide bonds. The molecule has 1 aromatic carbocycles. The summed E-state index contributed by atoms with van der Waals surface area (Å²) < 4.78 is 0. The summed E-state index contributed by atoms with van der Waals surface area (Å²) in [5.41, 5.74) is 8.09. The van der Waals surface area contributed by atoms with Crippen molar-refractivity contribution >= 4 is 11.4 Å². The van der Waals surface area contributed by atoms with Crippen LogP contribution in [0.4, 0.5) is 11.4 Å². The van der Waals surface area contributed by atoms with Gasteiger partial charge in [-0.2, -0.15) is 0 Å². The van der Waals surface area contributed by atoms with Gasteiger partial charge in [-0.1, -0.05) is 12.8 Å². The van der Waals surface area contributed by atoms with Crippen molar-refractivity contribution < 1.29 is 0 Å². The first-order chi connectivity index (χ1) is 11.2. The van der Waals surface area contributed by atoms with Crippen LogP contribution in [0.3, 0.4) is 0 Å². The number of anilines is 2. The minimum absolute atomic E-state index is 0.661. The lowest BCUT2D eigenvalue weighted by molar-refractivity contribution is 0.209. The molecule has 0 saturated carbocycles. The first-order valence-electron chi connectivity index (χ1n) is 9.23. The van der Waals surface area contributed by atoms with Crippen LogP contribution >= 0.6 is 0 Å². The van der Waals surface area contributed by atoms with Crippen molar-refractivity contribution in [3.63, 3.8) is 0 Å². The molecular weight excluding hydrogens is 284 g/mol. The maximum atomic E-state index is 5.51. The quantitative estimate of drug-likeness (QED) is 0.687. The molecule has 0 bridgehead atoms. The Morgan fingerprint density at radius 2 is 1.61 bits per heavy atom. The van der Waals surface area contributed by atoms with Crippen molar-refractivity contribution in [1.82, 2.24) is 4.90 Å². The predicted molar refractivity (Wildman–Crippen MR) is 101 cm³/mol. The highest BCUT2D eigenvalue weighted by Crippen LogP contribution is 2.20. The minimum atomic E-state index is 0.661. The SMILES string of the molecule is CC(C)N1CCN(c2ccc(NCCCCCCN)cc2)CC1. The molecule has 1 aromatic rings. The summed E-state index contributed by atoms with van der Waals surface area (Å²) in [6.07, 6.45) is 4.89. The molecule has 4 nitrogen and oxygen atoms in total. The summed E-state index contributed by atoms with van der Waals surface area (Å²) in [6.45, 7) is 11.0. The van der Waals surface area contributed by atoms with E-state index in [1.165, 1.54) is 43.7 Å². The van der Waals surface area contributed by atoms with E-state index in [1.54, 1.807) is 0 Å². The molecule has 1 heterocycles. The fourth-order valence-electron chi connectivity index (χ4n) is 3.14. The molecule has 0 spiro atoms. The number of piperazine rings is 1. The third kappa shape index (κ3) is 6.04. The van der Waals surface area contributed by atoms with Crippen molar-refractivity contribution in [2.75, 3.05) is 49.5 Å². The summed E-state index contributed by atoms with van der Waals surface area (Å²) in [7, 11) is 0. The lowest BCUT2D eigenvalue weighted by Gasteiger charge is -2.38. The Morgan fingerprint density at radius 3 is 2.22 bits per heavy atom. The smallest absolute Gasteiger partial charge is 0.0368 e. The minimum Gasteiger partial charge on any atom is -0.385 e. The normalized spacial score (nSPS) is 16.1. The Bertz CT molecular complexity index is 422. The van der Waals surface area contributed by atoms with Gasteiger partial charge in [0.2, 0.25) is 0 Å². The Balaban J connectivity index is 1.70. The molecule has 0 atom stereocenters. The standard InChI is InChI=1S/C19H34N4/c1-17(2)22-13-15-23(16-14-22)19-9-7-18(8-10-19)21-12-6-4-3-5-11-20/h7-10,17,21H,3-6,11-16,20H2,1-2H3. The highest BCUT2D eigenvalue weighted by molar-refractivity contribution is 5.55. The summed E-state index contributed by atoms with van der Waals surface area (Å²) in [5.74, 6) is 0. The number of rotatable bonds is 9. The first kappa shape index (κ1) is 18.1. The van der Waals surface area contributed by atoms with Crippen LogP contribution in [0.25, 0.3) is 0 Å². The summed E-state index contributed by atoms with van der Waals surface area (Å²) in [5, 5.41) is 3.52. The molecule has 1 saturated heterocycles. The van der Waals surface area contributed by atoms with Crippen LogP contribution in [-0.2, 0) is 0 Å². The van der Waals surface area contributed by atoms with Crippen molar-refractivity contribution in [2.45, 2.75) is 45.6 Å². The third-order valence-corrected chi connectivity index (χ3v) is 4.74.